The molecule has 0 aliphatic carbocycles. The minimum Gasteiger partial charge on any atom is -0.450 e. The molecule has 6 nitrogen and oxygen atoms in total. The van der Waals surface area contributed by atoms with E-state index in [2.05, 4.69) is 24.8 Å². The van der Waals surface area contributed by atoms with Crippen LogP contribution in [0, 0.1) is 0 Å². The van der Waals surface area contributed by atoms with E-state index in [1.54, 1.807) is 12.5 Å². The maximum atomic E-state index is 6.28. The largest absolute Gasteiger partial charge is 0.450 e. The van der Waals surface area contributed by atoms with Crippen molar-refractivity contribution in [1.82, 2.24) is 15.0 Å². The lowest BCUT2D eigenvalue weighted by Gasteiger charge is -2.36. The molecule has 7 heteroatoms. The number of anilines is 2. The minimum atomic E-state index is 0.683. The van der Waals surface area contributed by atoms with Gasteiger partial charge in [0, 0.05) is 37.8 Å². The lowest BCUT2D eigenvalue weighted by atomic mass is 10.2. The number of nitrogens with zero attached hydrogens (tertiary/aromatic N) is 5. The third kappa shape index (κ3) is 2.45. The molecule has 0 unspecified atom stereocenters. The molecule has 5 rings (SSSR count). The van der Waals surface area contributed by atoms with Crippen molar-refractivity contribution in [3.63, 3.8) is 0 Å². The van der Waals surface area contributed by atoms with Gasteiger partial charge in [-0.1, -0.05) is 23.7 Å². The molecule has 1 aliphatic heterocycles. The second kappa shape index (κ2) is 6.14. The number of pyridine rings is 1. The standard InChI is InChI=1S/C19H16ClN5O/c20-14-5-3-7-21-18(14)24-8-10-25(11-9-24)19-17-16(22-12-23-19)13-4-1-2-6-15(13)26-17/h1-7,12H,8-11H2. The molecule has 1 saturated heterocycles. The molecular formula is C19H16ClN5O. The fraction of sp³-hybridized carbons (Fsp3) is 0.211. The van der Waals surface area contributed by atoms with E-state index in [0.29, 0.717) is 5.02 Å². The highest BCUT2D eigenvalue weighted by Gasteiger charge is 2.24. The van der Waals surface area contributed by atoms with E-state index in [-0.39, 0.29) is 0 Å². The molecule has 26 heavy (non-hydrogen) atoms. The molecule has 3 aromatic heterocycles. The van der Waals surface area contributed by atoms with E-state index in [9.17, 15) is 0 Å². The molecule has 4 aromatic rings. The molecule has 0 saturated carbocycles. The fourth-order valence-electron chi connectivity index (χ4n) is 3.48. The zero-order valence-corrected chi connectivity index (χ0v) is 14.7. The first-order valence-electron chi connectivity index (χ1n) is 8.54. The lowest BCUT2D eigenvalue weighted by Crippen LogP contribution is -2.47. The van der Waals surface area contributed by atoms with Gasteiger partial charge in [0.2, 0.25) is 0 Å². The van der Waals surface area contributed by atoms with Crippen molar-refractivity contribution in [3.8, 4) is 0 Å². The van der Waals surface area contributed by atoms with Gasteiger partial charge in [0.15, 0.2) is 11.4 Å². The Morgan fingerprint density at radius 2 is 1.62 bits per heavy atom. The summed E-state index contributed by atoms with van der Waals surface area (Å²) in [6.45, 7) is 3.27. The molecule has 1 aromatic carbocycles. The summed E-state index contributed by atoms with van der Waals surface area (Å²) in [6, 6.07) is 11.7. The van der Waals surface area contributed by atoms with Gasteiger partial charge in [0.05, 0.1) is 5.02 Å². The fourth-order valence-corrected chi connectivity index (χ4v) is 3.72. The predicted octanol–water partition coefficient (Wildman–Crippen LogP) is 3.75. The topological polar surface area (TPSA) is 58.3 Å². The van der Waals surface area contributed by atoms with Gasteiger partial charge in [-0.15, -0.1) is 0 Å². The summed E-state index contributed by atoms with van der Waals surface area (Å²) >= 11 is 6.28. The molecule has 0 bridgehead atoms. The van der Waals surface area contributed by atoms with Crippen LogP contribution in [0.2, 0.25) is 5.02 Å². The van der Waals surface area contributed by atoms with Crippen LogP contribution < -0.4 is 9.80 Å². The summed E-state index contributed by atoms with van der Waals surface area (Å²) in [7, 11) is 0. The molecule has 0 N–H and O–H groups in total. The average Bonchev–Trinajstić information content (AvgIpc) is 3.07. The van der Waals surface area contributed by atoms with Gasteiger partial charge in [-0.05, 0) is 24.3 Å². The first kappa shape index (κ1) is 15.4. The molecule has 4 heterocycles. The number of para-hydroxylation sites is 1. The molecule has 0 radical (unpaired) electrons. The normalized spacial score (nSPS) is 15.1. The highest BCUT2D eigenvalue weighted by molar-refractivity contribution is 6.32. The third-order valence-corrected chi connectivity index (χ3v) is 5.05. The third-order valence-electron chi connectivity index (χ3n) is 4.76. The zero-order valence-electron chi connectivity index (χ0n) is 14.0. The smallest absolute Gasteiger partial charge is 0.196 e. The summed E-state index contributed by atoms with van der Waals surface area (Å²) < 4.78 is 6.05. The maximum absolute atomic E-state index is 6.28. The lowest BCUT2D eigenvalue weighted by molar-refractivity contribution is 0.626. The SMILES string of the molecule is Clc1cccnc1N1CCN(c2ncnc3c2oc2ccccc23)CC1. The van der Waals surface area contributed by atoms with Crippen molar-refractivity contribution in [1.29, 1.82) is 0 Å². The van der Waals surface area contributed by atoms with Gasteiger partial charge in [-0.3, -0.25) is 0 Å². The van der Waals surface area contributed by atoms with Crippen LogP contribution in [0.15, 0.2) is 53.3 Å². The monoisotopic (exact) mass is 365 g/mol. The van der Waals surface area contributed by atoms with Crippen molar-refractivity contribution in [2.45, 2.75) is 0 Å². The number of hydrogen-bond acceptors (Lipinski definition) is 6. The second-order valence-electron chi connectivity index (χ2n) is 6.26. The Balaban J connectivity index is 1.46. The number of fused-ring (bicyclic) bond motifs is 3. The molecule has 0 amide bonds. The zero-order chi connectivity index (χ0) is 17.5. The molecule has 1 fully saturated rings. The first-order chi connectivity index (χ1) is 12.8. The quantitative estimate of drug-likeness (QED) is 0.539. The van der Waals surface area contributed by atoms with Crippen LogP contribution in [0.5, 0.6) is 0 Å². The van der Waals surface area contributed by atoms with Crippen LogP contribution in [0.1, 0.15) is 0 Å². The second-order valence-corrected chi connectivity index (χ2v) is 6.66. The van der Waals surface area contributed by atoms with E-state index in [4.69, 9.17) is 16.0 Å². The Kier molecular flexibility index (Phi) is 3.64. The number of benzene rings is 1. The number of hydrogen-bond donors (Lipinski definition) is 0. The number of piperazine rings is 1. The van der Waals surface area contributed by atoms with Crippen LogP contribution in [0.4, 0.5) is 11.6 Å². The van der Waals surface area contributed by atoms with Crippen molar-refractivity contribution in [2.75, 3.05) is 36.0 Å². The highest BCUT2D eigenvalue weighted by atomic mass is 35.5. The van der Waals surface area contributed by atoms with Gasteiger partial charge in [0.25, 0.3) is 0 Å². The Bertz CT molecular complexity index is 1090. The number of aromatic nitrogens is 3. The van der Waals surface area contributed by atoms with Crippen LogP contribution in [-0.4, -0.2) is 41.1 Å². The molecule has 0 atom stereocenters. The van der Waals surface area contributed by atoms with Gasteiger partial charge in [-0.2, -0.15) is 0 Å². The van der Waals surface area contributed by atoms with Gasteiger partial charge < -0.3 is 14.2 Å². The van der Waals surface area contributed by atoms with Crippen LogP contribution in [0.3, 0.4) is 0 Å². The predicted molar refractivity (Wildman–Crippen MR) is 103 cm³/mol. The molecular weight excluding hydrogens is 350 g/mol. The Labute approximate surface area is 155 Å². The summed E-state index contributed by atoms with van der Waals surface area (Å²) in [6.07, 6.45) is 3.39. The van der Waals surface area contributed by atoms with Gasteiger partial charge >= 0.3 is 0 Å². The number of halogens is 1. The Morgan fingerprint density at radius 3 is 2.42 bits per heavy atom. The van der Waals surface area contributed by atoms with E-state index in [1.807, 2.05) is 36.4 Å². The van der Waals surface area contributed by atoms with Crippen molar-refractivity contribution in [2.24, 2.45) is 0 Å². The first-order valence-corrected chi connectivity index (χ1v) is 8.92. The van der Waals surface area contributed by atoms with Crippen LogP contribution >= 0.6 is 11.6 Å². The van der Waals surface area contributed by atoms with Gasteiger partial charge in [0.1, 0.15) is 23.2 Å². The molecule has 0 spiro atoms. The number of rotatable bonds is 2. The van der Waals surface area contributed by atoms with Crippen molar-refractivity contribution >= 4 is 45.3 Å². The maximum Gasteiger partial charge on any atom is 0.196 e. The van der Waals surface area contributed by atoms with Crippen LogP contribution in [0.25, 0.3) is 22.1 Å². The van der Waals surface area contributed by atoms with E-state index in [0.717, 1.165) is 59.9 Å². The summed E-state index contributed by atoms with van der Waals surface area (Å²) in [5, 5.41) is 1.70. The minimum absolute atomic E-state index is 0.683. The van der Waals surface area contributed by atoms with E-state index >= 15 is 0 Å². The van der Waals surface area contributed by atoms with E-state index in [1.165, 1.54) is 0 Å². The Hall–Kier alpha value is -2.86. The summed E-state index contributed by atoms with van der Waals surface area (Å²) in [5.74, 6) is 1.68. The van der Waals surface area contributed by atoms with Crippen molar-refractivity contribution < 1.29 is 4.42 Å². The average molecular weight is 366 g/mol. The van der Waals surface area contributed by atoms with Crippen molar-refractivity contribution in [3.05, 3.63) is 53.9 Å². The summed E-state index contributed by atoms with van der Waals surface area (Å²) in [4.78, 5) is 17.8. The van der Waals surface area contributed by atoms with Crippen LogP contribution in [-0.2, 0) is 0 Å². The van der Waals surface area contributed by atoms with Gasteiger partial charge in [-0.25, -0.2) is 15.0 Å². The molecule has 130 valence electrons. The Morgan fingerprint density at radius 1 is 0.846 bits per heavy atom. The molecule has 1 aliphatic rings. The highest BCUT2D eigenvalue weighted by Crippen LogP contribution is 2.33. The van der Waals surface area contributed by atoms with E-state index < -0.39 is 0 Å². The number of furan rings is 1. The summed E-state index contributed by atoms with van der Waals surface area (Å²) in [5.41, 5.74) is 2.45.